The maximum Gasteiger partial charge on any atom is 0.291 e. The van der Waals surface area contributed by atoms with Gasteiger partial charge in [-0.1, -0.05) is 11.6 Å². The molecule has 0 aliphatic heterocycles. The van der Waals surface area contributed by atoms with E-state index in [-0.39, 0.29) is 30.3 Å². The zero-order valence-electron chi connectivity index (χ0n) is 17.0. The zero-order valence-corrected chi connectivity index (χ0v) is 17.8. The summed E-state index contributed by atoms with van der Waals surface area (Å²) in [7, 11) is 1.61. The summed E-state index contributed by atoms with van der Waals surface area (Å²) in [5.41, 5.74) is 0.451. The lowest BCUT2D eigenvalue weighted by molar-refractivity contribution is 0.0939. The number of hydrogen-bond acceptors (Lipinski definition) is 6. The fourth-order valence-electron chi connectivity index (χ4n) is 2.91. The van der Waals surface area contributed by atoms with Gasteiger partial charge in [0.1, 0.15) is 29.6 Å². The van der Waals surface area contributed by atoms with Crippen LogP contribution in [0.1, 0.15) is 32.6 Å². The zero-order chi connectivity index (χ0) is 22.5. The van der Waals surface area contributed by atoms with Crippen LogP contribution in [0, 0.1) is 0 Å². The van der Waals surface area contributed by atoms with Gasteiger partial charge in [-0.3, -0.25) is 14.3 Å². The van der Waals surface area contributed by atoms with Gasteiger partial charge in [0.2, 0.25) is 0 Å². The van der Waals surface area contributed by atoms with Gasteiger partial charge in [0.25, 0.3) is 11.8 Å². The summed E-state index contributed by atoms with van der Waals surface area (Å²) in [6.45, 7) is 0.349. The van der Waals surface area contributed by atoms with Crippen molar-refractivity contribution >= 4 is 29.1 Å². The molecule has 0 radical (unpaired) electrons. The number of hydrogen-bond donors (Lipinski definition) is 2. The van der Waals surface area contributed by atoms with Crippen LogP contribution in [0.4, 0.5) is 5.69 Å². The Morgan fingerprint density at radius 3 is 2.66 bits per heavy atom. The SMILES string of the molecule is Cn1ncc(NC(=O)c2ccc(COc3ccc(Cl)cc3)o2)c1C(=O)NCc1ccco1. The molecule has 3 aromatic heterocycles. The van der Waals surface area contributed by atoms with E-state index in [2.05, 4.69) is 15.7 Å². The van der Waals surface area contributed by atoms with Crippen molar-refractivity contribution in [3.05, 3.63) is 89.0 Å². The van der Waals surface area contributed by atoms with Gasteiger partial charge < -0.3 is 24.2 Å². The summed E-state index contributed by atoms with van der Waals surface area (Å²) < 4.78 is 17.8. The highest BCUT2D eigenvalue weighted by atomic mass is 35.5. The van der Waals surface area contributed by atoms with Crippen molar-refractivity contribution in [1.29, 1.82) is 0 Å². The molecule has 164 valence electrons. The van der Waals surface area contributed by atoms with Crippen LogP contribution >= 0.6 is 11.6 Å². The van der Waals surface area contributed by atoms with E-state index in [0.29, 0.717) is 22.3 Å². The first kappa shape index (κ1) is 21.3. The first-order valence-corrected chi connectivity index (χ1v) is 9.98. The molecule has 0 unspecified atom stereocenters. The van der Waals surface area contributed by atoms with E-state index in [4.69, 9.17) is 25.2 Å². The number of amides is 2. The van der Waals surface area contributed by atoms with Crippen molar-refractivity contribution < 1.29 is 23.2 Å². The molecule has 32 heavy (non-hydrogen) atoms. The molecule has 4 aromatic rings. The smallest absolute Gasteiger partial charge is 0.291 e. The Labute approximate surface area is 187 Å². The van der Waals surface area contributed by atoms with Crippen molar-refractivity contribution in [3.63, 3.8) is 0 Å². The van der Waals surface area contributed by atoms with E-state index in [0.717, 1.165) is 0 Å². The number of aryl methyl sites for hydroxylation is 1. The van der Waals surface area contributed by atoms with Gasteiger partial charge in [0, 0.05) is 12.1 Å². The van der Waals surface area contributed by atoms with Gasteiger partial charge in [-0.25, -0.2) is 0 Å². The summed E-state index contributed by atoms with van der Waals surface area (Å²) in [5.74, 6) is 0.842. The fraction of sp³-hybridized carbons (Fsp3) is 0.136. The maximum absolute atomic E-state index is 12.6. The normalized spacial score (nSPS) is 10.7. The molecule has 0 aliphatic carbocycles. The number of furan rings is 2. The maximum atomic E-state index is 12.6. The number of carbonyl (C=O) groups is 2. The van der Waals surface area contributed by atoms with Crippen molar-refractivity contribution in [2.75, 3.05) is 5.32 Å². The summed E-state index contributed by atoms with van der Waals surface area (Å²) >= 11 is 5.85. The summed E-state index contributed by atoms with van der Waals surface area (Å²) in [4.78, 5) is 25.2. The molecule has 0 spiro atoms. The Morgan fingerprint density at radius 1 is 1.09 bits per heavy atom. The minimum Gasteiger partial charge on any atom is -0.486 e. The minimum absolute atomic E-state index is 0.0745. The lowest BCUT2D eigenvalue weighted by atomic mass is 10.3. The highest BCUT2D eigenvalue weighted by molar-refractivity contribution is 6.30. The van der Waals surface area contributed by atoms with E-state index >= 15 is 0 Å². The predicted octanol–water partition coefficient (Wildman–Crippen LogP) is 4.02. The molecular formula is C22H19ClN4O5. The lowest BCUT2D eigenvalue weighted by Crippen LogP contribution is -2.26. The molecule has 0 saturated carbocycles. The number of ether oxygens (including phenoxy) is 1. The third-order valence-corrected chi connectivity index (χ3v) is 4.74. The Hall–Kier alpha value is -3.98. The molecule has 9 nitrogen and oxygen atoms in total. The first-order valence-electron chi connectivity index (χ1n) is 9.60. The van der Waals surface area contributed by atoms with Crippen molar-refractivity contribution in [1.82, 2.24) is 15.1 Å². The van der Waals surface area contributed by atoms with Crippen molar-refractivity contribution in [3.8, 4) is 5.75 Å². The monoisotopic (exact) mass is 454 g/mol. The second kappa shape index (κ2) is 9.44. The average molecular weight is 455 g/mol. The number of benzene rings is 1. The largest absolute Gasteiger partial charge is 0.486 e. The third-order valence-electron chi connectivity index (χ3n) is 4.49. The fourth-order valence-corrected chi connectivity index (χ4v) is 3.04. The number of nitrogens with one attached hydrogen (secondary N) is 2. The van der Waals surface area contributed by atoms with E-state index in [1.165, 1.54) is 23.2 Å². The summed E-state index contributed by atoms with van der Waals surface area (Å²) in [6, 6.07) is 13.6. The first-order chi connectivity index (χ1) is 15.5. The highest BCUT2D eigenvalue weighted by Gasteiger charge is 2.21. The molecule has 0 atom stereocenters. The molecule has 0 aliphatic rings. The molecule has 2 N–H and O–H groups in total. The van der Waals surface area contributed by atoms with Gasteiger partial charge in [-0.05, 0) is 48.5 Å². The Balaban J connectivity index is 1.38. The lowest BCUT2D eigenvalue weighted by Gasteiger charge is -2.07. The quantitative estimate of drug-likeness (QED) is 0.416. The third kappa shape index (κ3) is 5.01. The van der Waals surface area contributed by atoms with Crippen LogP contribution in [0.15, 0.2) is 69.8 Å². The molecule has 0 fully saturated rings. The Kier molecular flexibility index (Phi) is 6.27. The molecule has 0 bridgehead atoms. The molecule has 1 aromatic carbocycles. The van der Waals surface area contributed by atoms with E-state index < -0.39 is 11.8 Å². The summed E-state index contributed by atoms with van der Waals surface area (Å²) in [6.07, 6.45) is 2.92. The summed E-state index contributed by atoms with van der Waals surface area (Å²) in [5, 5.41) is 10.1. The highest BCUT2D eigenvalue weighted by Crippen LogP contribution is 2.19. The molecule has 4 rings (SSSR count). The number of aromatic nitrogens is 2. The molecule has 2 amide bonds. The molecule has 0 saturated heterocycles. The van der Waals surface area contributed by atoms with Gasteiger partial charge in [-0.15, -0.1) is 0 Å². The van der Waals surface area contributed by atoms with E-state index in [9.17, 15) is 9.59 Å². The standard InChI is InChI=1S/C22H19ClN4O5/c1-27-20(22(29)24-11-16-3-2-10-30-16)18(12-25-27)26-21(28)19-9-8-17(32-19)13-31-15-6-4-14(23)5-7-15/h2-10,12H,11,13H2,1H3,(H,24,29)(H,26,28). The number of halogens is 1. The Morgan fingerprint density at radius 2 is 1.91 bits per heavy atom. The molecule has 10 heteroatoms. The minimum atomic E-state index is -0.518. The number of rotatable bonds is 8. The van der Waals surface area contributed by atoms with E-state index in [1.807, 2.05) is 0 Å². The second-order valence-electron chi connectivity index (χ2n) is 6.76. The van der Waals surface area contributed by atoms with Crippen molar-refractivity contribution in [2.45, 2.75) is 13.2 Å². The van der Waals surface area contributed by atoms with Gasteiger partial charge in [-0.2, -0.15) is 5.10 Å². The molecule has 3 heterocycles. The number of anilines is 1. The van der Waals surface area contributed by atoms with E-state index in [1.54, 1.807) is 49.5 Å². The van der Waals surface area contributed by atoms with Crippen LogP contribution in [-0.4, -0.2) is 21.6 Å². The van der Waals surface area contributed by atoms with Crippen LogP contribution < -0.4 is 15.4 Å². The number of carbonyl (C=O) groups excluding carboxylic acids is 2. The van der Waals surface area contributed by atoms with Crippen LogP contribution in [0.5, 0.6) is 5.75 Å². The number of nitrogens with zero attached hydrogens (tertiary/aromatic N) is 2. The molecular weight excluding hydrogens is 436 g/mol. The van der Waals surface area contributed by atoms with Gasteiger partial charge in [0.15, 0.2) is 5.76 Å². The van der Waals surface area contributed by atoms with Gasteiger partial charge in [0.05, 0.1) is 24.7 Å². The average Bonchev–Trinajstić information content (AvgIpc) is 3.53. The van der Waals surface area contributed by atoms with Crippen LogP contribution in [0.25, 0.3) is 0 Å². The van der Waals surface area contributed by atoms with Crippen LogP contribution in [-0.2, 0) is 20.2 Å². The van der Waals surface area contributed by atoms with Gasteiger partial charge >= 0.3 is 0 Å². The predicted molar refractivity (Wildman–Crippen MR) is 116 cm³/mol. The van der Waals surface area contributed by atoms with Crippen molar-refractivity contribution in [2.24, 2.45) is 7.05 Å². The topological polar surface area (TPSA) is 112 Å². The van der Waals surface area contributed by atoms with Crippen LogP contribution in [0.3, 0.4) is 0 Å². The second-order valence-corrected chi connectivity index (χ2v) is 7.19. The Bertz CT molecular complexity index is 1210. The van der Waals surface area contributed by atoms with Crippen LogP contribution in [0.2, 0.25) is 5.02 Å².